The Balaban J connectivity index is 2.06. The van der Waals surface area contributed by atoms with Crippen LogP contribution in [0.5, 0.6) is 11.5 Å². The fourth-order valence-corrected chi connectivity index (χ4v) is 2.14. The van der Waals surface area contributed by atoms with Gasteiger partial charge < -0.3 is 9.47 Å². The smallest absolute Gasteiger partial charge is 0.123 e. The Labute approximate surface area is 127 Å². The third-order valence-electron chi connectivity index (χ3n) is 3.66. The Morgan fingerprint density at radius 3 is 1.90 bits per heavy atom. The van der Waals surface area contributed by atoms with Gasteiger partial charge in [0.25, 0.3) is 0 Å². The molecule has 2 rings (SSSR count). The second-order valence-electron chi connectivity index (χ2n) is 5.43. The summed E-state index contributed by atoms with van der Waals surface area (Å²) in [6.45, 7) is 9.71. The van der Waals surface area contributed by atoms with E-state index in [1.807, 2.05) is 12.1 Å². The van der Waals surface area contributed by atoms with Crippen LogP contribution in [0, 0.1) is 20.8 Å². The molecule has 0 radical (unpaired) electrons. The molecule has 0 saturated heterocycles. The van der Waals surface area contributed by atoms with E-state index in [0.717, 1.165) is 35.7 Å². The summed E-state index contributed by atoms with van der Waals surface area (Å²) in [7, 11) is 0. The molecule has 0 aromatic heterocycles. The van der Waals surface area contributed by atoms with Crippen molar-refractivity contribution in [2.45, 2.75) is 40.7 Å². The van der Waals surface area contributed by atoms with E-state index in [0.29, 0.717) is 6.61 Å². The summed E-state index contributed by atoms with van der Waals surface area (Å²) in [5, 5.41) is 0. The summed E-state index contributed by atoms with van der Waals surface area (Å²) in [6, 6.07) is 12.4. The van der Waals surface area contributed by atoms with E-state index in [4.69, 9.17) is 9.47 Å². The number of rotatable bonds is 6. The van der Waals surface area contributed by atoms with Crippen LogP contribution in [-0.2, 0) is 6.61 Å². The molecule has 0 N–H and O–H groups in total. The highest BCUT2D eigenvalue weighted by atomic mass is 16.5. The number of hydrogen-bond acceptors (Lipinski definition) is 2. The number of aryl methyl sites for hydroxylation is 1. The van der Waals surface area contributed by atoms with Crippen LogP contribution in [0.15, 0.2) is 36.4 Å². The van der Waals surface area contributed by atoms with Crippen LogP contribution in [0.25, 0.3) is 0 Å². The molecule has 112 valence electrons. The average Bonchev–Trinajstić information content (AvgIpc) is 2.49. The van der Waals surface area contributed by atoms with E-state index >= 15 is 0 Å². The lowest BCUT2D eigenvalue weighted by Gasteiger charge is -2.15. The van der Waals surface area contributed by atoms with Crippen LogP contribution in [0.3, 0.4) is 0 Å². The number of benzene rings is 2. The zero-order valence-corrected chi connectivity index (χ0v) is 13.4. The molecule has 2 aromatic carbocycles. The average molecular weight is 284 g/mol. The van der Waals surface area contributed by atoms with Crippen molar-refractivity contribution in [3.63, 3.8) is 0 Å². The first-order chi connectivity index (χ1) is 10.1. The van der Waals surface area contributed by atoms with E-state index in [2.05, 4.69) is 52.0 Å². The molecule has 0 bridgehead atoms. The van der Waals surface area contributed by atoms with E-state index in [-0.39, 0.29) is 0 Å². The van der Waals surface area contributed by atoms with Gasteiger partial charge in [-0.3, -0.25) is 0 Å². The van der Waals surface area contributed by atoms with E-state index in [9.17, 15) is 0 Å². The second-order valence-corrected chi connectivity index (χ2v) is 5.43. The Bertz CT molecular complexity index is 585. The fraction of sp³-hybridized carbons (Fsp3) is 0.368. The minimum atomic E-state index is 0.593. The minimum absolute atomic E-state index is 0.593. The minimum Gasteiger partial charge on any atom is -0.493 e. The third kappa shape index (κ3) is 4.01. The molecular formula is C19H24O2. The molecule has 0 spiro atoms. The van der Waals surface area contributed by atoms with Gasteiger partial charge in [-0.15, -0.1) is 0 Å². The van der Waals surface area contributed by atoms with Crippen LogP contribution >= 0.6 is 0 Å². The van der Waals surface area contributed by atoms with Crippen molar-refractivity contribution in [1.82, 2.24) is 0 Å². The van der Waals surface area contributed by atoms with Gasteiger partial charge in [0.1, 0.15) is 18.1 Å². The third-order valence-corrected chi connectivity index (χ3v) is 3.66. The largest absolute Gasteiger partial charge is 0.493 e. The molecule has 2 nitrogen and oxygen atoms in total. The Kier molecular flexibility index (Phi) is 5.26. The molecule has 0 aliphatic rings. The van der Waals surface area contributed by atoms with Gasteiger partial charge in [0.2, 0.25) is 0 Å². The van der Waals surface area contributed by atoms with Crippen molar-refractivity contribution >= 4 is 0 Å². The number of hydrogen-bond donors (Lipinski definition) is 0. The molecule has 2 aromatic rings. The molecule has 0 saturated carbocycles. The molecule has 0 heterocycles. The van der Waals surface area contributed by atoms with E-state index in [1.165, 1.54) is 11.1 Å². The quantitative estimate of drug-likeness (QED) is 0.745. The first kappa shape index (κ1) is 15.4. The normalized spacial score (nSPS) is 10.5. The first-order valence-corrected chi connectivity index (χ1v) is 7.53. The van der Waals surface area contributed by atoms with Crippen molar-refractivity contribution in [3.8, 4) is 11.5 Å². The van der Waals surface area contributed by atoms with E-state index in [1.54, 1.807) is 0 Å². The van der Waals surface area contributed by atoms with Crippen LogP contribution in [0.4, 0.5) is 0 Å². The predicted octanol–water partition coefficient (Wildman–Crippen LogP) is 4.98. The SMILES string of the molecule is CCCOc1ccc(OCc2ccc(C)cc2)c(C)c1C. The molecule has 0 atom stereocenters. The van der Waals surface area contributed by atoms with Gasteiger partial charge >= 0.3 is 0 Å². The van der Waals surface area contributed by atoms with Crippen molar-refractivity contribution in [1.29, 1.82) is 0 Å². The van der Waals surface area contributed by atoms with Gasteiger partial charge in [0.05, 0.1) is 6.61 Å². The molecule has 2 heteroatoms. The van der Waals surface area contributed by atoms with Crippen molar-refractivity contribution in [2.24, 2.45) is 0 Å². The maximum atomic E-state index is 5.95. The second kappa shape index (κ2) is 7.16. The topological polar surface area (TPSA) is 18.5 Å². The number of ether oxygens (including phenoxy) is 2. The summed E-state index contributed by atoms with van der Waals surface area (Å²) < 4.78 is 11.7. The van der Waals surface area contributed by atoms with E-state index < -0.39 is 0 Å². The fourth-order valence-electron chi connectivity index (χ4n) is 2.14. The zero-order chi connectivity index (χ0) is 15.2. The summed E-state index contributed by atoms with van der Waals surface area (Å²) in [5.74, 6) is 1.88. The summed E-state index contributed by atoms with van der Waals surface area (Å²) in [5.41, 5.74) is 4.76. The van der Waals surface area contributed by atoms with Crippen molar-refractivity contribution in [2.75, 3.05) is 6.61 Å². The monoisotopic (exact) mass is 284 g/mol. The first-order valence-electron chi connectivity index (χ1n) is 7.53. The van der Waals surface area contributed by atoms with Crippen LogP contribution < -0.4 is 9.47 Å². The van der Waals surface area contributed by atoms with Gasteiger partial charge in [0, 0.05) is 0 Å². The molecule has 0 unspecified atom stereocenters. The lowest BCUT2D eigenvalue weighted by atomic mass is 10.1. The zero-order valence-electron chi connectivity index (χ0n) is 13.4. The molecule has 21 heavy (non-hydrogen) atoms. The summed E-state index contributed by atoms with van der Waals surface area (Å²) in [4.78, 5) is 0. The Morgan fingerprint density at radius 2 is 1.33 bits per heavy atom. The molecule has 0 amide bonds. The molecular weight excluding hydrogens is 260 g/mol. The van der Waals surface area contributed by atoms with Gasteiger partial charge in [-0.1, -0.05) is 36.8 Å². The Hall–Kier alpha value is -1.96. The van der Waals surface area contributed by atoms with Crippen LogP contribution in [0.1, 0.15) is 35.6 Å². The maximum absolute atomic E-state index is 5.95. The van der Waals surface area contributed by atoms with Gasteiger partial charge in [-0.05, 0) is 56.0 Å². The summed E-state index contributed by atoms with van der Waals surface area (Å²) >= 11 is 0. The molecule has 0 fully saturated rings. The lowest BCUT2D eigenvalue weighted by molar-refractivity contribution is 0.298. The van der Waals surface area contributed by atoms with Gasteiger partial charge in [-0.25, -0.2) is 0 Å². The Morgan fingerprint density at radius 1 is 0.762 bits per heavy atom. The van der Waals surface area contributed by atoms with Crippen LogP contribution in [0.2, 0.25) is 0 Å². The van der Waals surface area contributed by atoms with Gasteiger partial charge in [-0.2, -0.15) is 0 Å². The summed E-state index contributed by atoms with van der Waals surface area (Å²) in [6.07, 6.45) is 1.02. The molecule has 0 aliphatic heterocycles. The van der Waals surface area contributed by atoms with Gasteiger partial charge in [0.15, 0.2) is 0 Å². The highest BCUT2D eigenvalue weighted by Crippen LogP contribution is 2.29. The van der Waals surface area contributed by atoms with Crippen molar-refractivity contribution in [3.05, 3.63) is 58.7 Å². The lowest BCUT2D eigenvalue weighted by Crippen LogP contribution is -2.01. The molecule has 0 aliphatic carbocycles. The maximum Gasteiger partial charge on any atom is 0.123 e. The standard InChI is InChI=1S/C19H24O2/c1-5-12-20-18-10-11-19(16(4)15(18)3)21-13-17-8-6-14(2)7-9-17/h6-11H,5,12-13H2,1-4H3. The van der Waals surface area contributed by atoms with Crippen molar-refractivity contribution < 1.29 is 9.47 Å². The van der Waals surface area contributed by atoms with Crippen LogP contribution in [-0.4, -0.2) is 6.61 Å². The highest BCUT2D eigenvalue weighted by molar-refractivity contribution is 5.47. The predicted molar refractivity (Wildman–Crippen MR) is 87.2 cm³/mol. The highest BCUT2D eigenvalue weighted by Gasteiger charge is 2.08.